The van der Waals surface area contributed by atoms with Crippen molar-refractivity contribution < 1.29 is 13.9 Å². The fourth-order valence-electron chi connectivity index (χ4n) is 1.59. The highest BCUT2D eigenvalue weighted by atomic mass is 35.5. The fourth-order valence-corrected chi connectivity index (χ4v) is 2.09. The van der Waals surface area contributed by atoms with Crippen LogP contribution in [-0.4, -0.2) is 12.0 Å². The summed E-state index contributed by atoms with van der Waals surface area (Å²) in [5.74, 6) is 0.872. The Morgan fingerprint density at radius 2 is 2.05 bits per heavy atom. The van der Waals surface area contributed by atoms with E-state index in [-0.39, 0.29) is 5.91 Å². The van der Waals surface area contributed by atoms with Gasteiger partial charge in [0.2, 0.25) is 0 Å². The van der Waals surface area contributed by atoms with E-state index in [1.54, 1.807) is 43.5 Å². The molecule has 0 aliphatic rings. The zero-order valence-electron chi connectivity index (χ0n) is 10.7. The lowest BCUT2D eigenvalue weighted by molar-refractivity contribution is -0.127. The summed E-state index contributed by atoms with van der Waals surface area (Å²) in [6.45, 7) is 1.96. The largest absolute Gasteiger partial charge is 0.481 e. The normalized spacial score (nSPS) is 11.9. The van der Waals surface area contributed by atoms with Crippen molar-refractivity contribution in [1.82, 2.24) is 5.32 Å². The second-order valence-corrected chi connectivity index (χ2v) is 5.04. The van der Waals surface area contributed by atoms with E-state index in [0.717, 1.165) is 0 Å². The highest BCUT2D eigenvalue weighted by Gasteiger charge is 2.15. The van der Waals surface area contributed by atoms with Gasteiger partial charge < -0.3 is 14.5 Å². The molecule has 2 rings (SSSR count). The zero-order valence-corrected chi connectivity index (χ0v) is 12.2. The van der Waals surface area contributed by atoms with Crippen molar-refractivity contribution >= 4 is 29.1 Å². The van der Waals surface area contributed by atoms with Crippen molar-refractivity contribution in [2.45, 2.75) is 19.6 Å². The Bertz CT molecular complexity index is 564. The summed E-state index contributed by atoms with van der Waals surface area (Å²) < 4.78 is 10.6. The van der Waals surface area contributed by atoms with Gasteiger partial charge in [0.1, 0.15) is 11.5 Å². The first kappa shape index (κ1) is 14.8. The molecule has 1 atom stereocenters. The second-order valence-electron chi connectivity index (χ2n) is 4.16. The molecule has 0 fully saturated rings. The van der Waals surface area contributed by atoms with Gasteiger partial charge in [-0.05, 0) is 37.3 Å². The SMILES string of the molecule is CC(Oc1cc(Cl)cc(Cl)c1)C(=O)NCc1ccco1. The van der Waals surface area contributed by atoms with Gasteiger partial charge in [0, 0.05) is 10.0 Å². The van der Waals surface area contributed by atoms with E-state index in [0.29, 0.717) is 28.1 Å². The minimum absolute atomic E-state index is 0.252. The molecule has 4 nitrogen and oxygen atoms in total. The molecular formula is C14H13Cl2NO3. The Morgan fingerprint density at radius 3 is 2.65 bits per heavy atom. The van der Waals surface area contributed by atoms with Crippen molar-refractivity contribution in [3.8, 4) is 5.75 Å². The smallest absolute Gasteiger partial charge is 0.261 e. The van der Waals surface area contributed by atoms with E-state index in [1.807, 2.05) is 0 Å². The van der Waals surface area contributed by atoms with Gasteiger partial charge in [-0.1, -0.05) is 23.2 Å². The first-order valence-corrected chi connectivity index (χ1v) is 6.73. The standard InChI is InChI=1S/C14H13Cl2NO3/c1-9(14(18)17-8-12-3-2-4-19-12)20-13-6-10(15)5-11(16)7-13/h2-7,9H,8H2,1H3,(H,17,18). The van der Waals surface area contributed by atoms with Crippen LogP contribution in [0, 0.1) is 0 Å². The summed E-state index contributed by atoms with van der Waals surface area (Å²) in [5, 5.41) is 3.62. The van der Waals surface area contributed by atoms with Crippen molar-refractivity contribution in [3.05, 3.63) is 52.4 Å². The van der Waals surface area contributed by atoms with E-state index in [1.165, 1.54) is 0 Å². The van der Waals surface area contributed by atoms with Gasteiger partial charge in [-0.2, -0.15) is 0 Å². The average Bonchev–Trinajstić information content (AvgIpc) is 2.87. The molecule has 1 heterocycles. The van der Waals surface area contributed by atoms with Crippen molar-refractivity contribution in [3.63, 3.8) is 0 Å². The lowest BCUT2D eigenvalue weighted by Gasteiger charge is -2.14. The van der Waals surface area contributed by atoms with Crippen LogP contribution in [0.2, 0.25) is 10.0 Å². The van der Waals surface area contributed by atoms with Crippen LogP contribution in [0.3, 0.4) is 0 Å². The van der Waals surface area contributed by atoms with Gasteiger partial charge in [0.15, 0.2) is 6.10 Å². The minimum Gasteiger partial charge on any atom is -0.481 e. The third kappa shape index (κ3) is 4.18. The first-order valence-electron chi connectivity index (χ1n) is 5.97. The molecule has 0 bridgehead atoms. The number of hydrogen-bond donors (Lipinski definition) is 1. The molecule has 0 radical (unpaired) electrons. The number of carbonyl (C=O) groups excluding carboxylic acids is 1. The molecule has 1 aromatic carbocycles. The number of hydrogen-bond acceptors (Lipinski definition) is 3. The molecule has 0 saturated heterocycles. The number of rotatable bonds is 5. The van der Waals surface area contributed by atoms with Crippen LogP contribution in [0.5, 0.6) is 5.75 Å². The van der Waals surface area contributed by atoms with E-state index in [2.05, 4.69) is 5.32 Å². The number of amides is 1. The third-order valence-corrected chi connectivity index (χ3v) is 2.97. The fraction of sp³-hybridized carbons (Fsp3) is 0.214. The quantitative estimate of drug-likeness (QED) is 0.916. The van der Waals surface area contributed by atoms with Crippen molar-refractivity contribution in [2.75, 3.05) is 0 Å². The van der Waals surface area contributed by atoms with Gasteiger partial charge in [-0.25, -0.2) is 0 Å². The third-order valence-electron chi connectivity index (χ3n) is 2.54. The molecule has 6 heteroatoms. The number of carbonyl (C=O) groups is 1. The van der Waals surface area contributed by atoms with E-state index < -0.39 is 6.10 Å². The van der Waals surface area contributed by atoms with E-state index in [9.17, 15) is 4.79 Å². The van der Waals surface area contributed by atoms with Crippen LogP contribution in [0.15, 0.2) is 41.0 Å². The van der Waals surface area contributed by atoms with Crippen LogP contribution < -0.4 is 10.1 Å². The second kappa shape index (κ2) is 6.68. The number of halogens is 2. The Balaban J connectivity index is 1.90. The number of benzene rings is 1. The number of furan rings is 1. The first-order chi connectivity index (χ1) is 9.54. The van der Waals surface area contributed by atoms with Crippen LogP contribution >= 0.6 is 23.2 Å². The summed E-state index contributed by atoms with van der Waals surface area (Å²) >= 11 is 11.7. The predicted octanol–water partition coefficient (Wildman–Crippen LogP) is 3.67. The summed E-state index contributed by atoms with van der Waals surface area (Å²) in [6, 6.07) is 8.34. The lowest BCUT2D eigenvalue weighted by atomic mass is 10.3. The van der Waals surface area contributed by atoms with Crippen LogP contribution in [0.1, 0.15) is 12.7 Å². The molecule has 0 spiro atoms. The summed E-state index contributed by atoms with van der Waals surface area (Å²) in [4.78, 5) is 11.9. The van der Waals surface area contributed by atoms with E-state index >= 15 is 0 Å². The lowest BCUT2D eigenvalue weighted by Crippen LogP contribution is -2.35. The Morgan fingerprint density at radius 1 is 1.35 bits per heavy atom. The highest BCUT2D eigenvalue weighted by Crippen LogP contribution is 2.24. The van der Waals surface area contributed by atoms with Crippen LogP contribution in [0.25, 0.3) is 0 Å². The minimum atomic E-state index is -0.667. The predicted molar refractivity (Wildman–Crippen MR) is 77.1 cm³/mol. The Labute approximate surface area is 126 Å². The Hall–Kier alpha value is -1.65. The molecule has 1 unspecified atom stereocenters. The van der Waals surface area contributed by atoms with Gasteiger partial charge in [-0.3, -0.25) is 4.79 Å². The zero-order chi connectivity index (χ0) is 14.5. The monoisotopic (exact) mass is 313 g/mol. The summed E-state index contributed by atoms with van der Waals surface area (Å²) in [6.07, 6.45) is 0.884. The average molecular weight is 314 g/mol. The van der Waals surface area contributed by atoms with Gasteiger partial charge >= 0.3 is 0 Å². The van der Waals surface area contributed by atoms with Gasteiger partial charge in [0.25, 0.3) is 5.91 Å². The number of ether oxygens (including phenoxy) is 1. The molecule has 1 aromatic heterocycles. The maximum absolute atomic E-state index is 11.9. The highest BCUT2D eigenvalue weighted by molar-refractivity contribution is 6.34. The molecular weight excluding hydrogens is 301 g/mol. The van der Waals surface area contributed by atoms with Crippen LogP contribution in [-0.2, 0) is 11.3 Å². The van der Waals surface area contributed by atoms with Crippen LogP contribution in [0.4, 0.5) is 0 Å². The van der Waals surface area contributed by atoms with Gasteiger partial charge in [-0.15, -0.1) is 0 Å². The molecule has 1 N–H and O–H groups in total. The molecule has 0 saturated carbocycles. The molecule has 2 aromatic rings. The van der Waals surface area contributed by atoms with Crippen molar-refractivity contribution in [2.24, 2.45) is 0 Å². The molecule has 0 aliphatic heterocycles. The molecule has 0 aliphatic carbocycles. The molecule has 20 heavy (non-hydrogen) atoms. The maximum atomic E-state index is 11.9. The number of nitrogens with one attached hydrogen (secondary N) is 1. The summed E-state index contributed by atoms with van der Waals surface area (Å²) in [5.41, 5.74) is 0. The topological polar surface area (TPSA) is 51.5 Å². The molecule has 106 valence electrons. The molecule has 1 amide bonds. The Kier molecular flexibility index (Phi) is 4.93. The van der Waals surface area contributed by atoms with E-state index in [4.69, 9.17) is 32.4 Å². The summed E-state index contributed by atoms with van der Waals surface area (Å²) in [7, 11) is 0. The maximum Gasteiger partial charge on any atom is 0.261 e. The van der Waals surface area contributed by atoms with Crippen molar-refractivity contribution in [1.29, 1.82) is 0 Å². The van der Waals surface area contributed by atoms with Gasteiger partial charge in [0.05, 0.1) is 12.8 Å².